The summed E-state index contributed by atoms with van der Waals surface area (Å²) in [6.45, 7) is 1.63. The number of rotatable bonds is 5. The monoisotopic (exact) mass is 319 g/mol. The molecular formula is C16H14ClNO4. The van der Waals surface area contributed by atoms with Gasteiger partial charge >= 0.3 is 5.97 Å². The first-order chi connectivity index (χ1) is 10.5. The standard InChI is InChI=1S/C16H14ClNO4/c1-10-2-5-12(6-3-10)18-15(19)9-22-14-8-11(17)4-7-13(14)16(20)21/h2-8H,9H2,1H3,(H,18,19)(H,20,21). The number of nitrogens with one attached hydrogen (secondary N) is 1. The average molecular weight is 320 g/mol. The zero-order valence-corrected chi connectivity index (χ0v) is 12.6. The molecule has 5 nitrogen and oxygen atoms in total. The second kappa shape index (κ2) is 6.95. The van der Waals surface area contributed by atoms with E-state index in [1.807, 2.05) is 19.1 Å². The smallest absolute Gasteiger partial charge is 0.339 e. The Morgan fingerprint density at radius 3 is 2.50 bits per heavy atom. The molecule has 2 aromatic rings. The van der Waals surface area contributed by atoms with E-state index in [4.69, 9.17) is 21.4 Å². The van der Waals surface area contributed by atoms with Crippen LogP contribution in [0.2, 0.25) is 5.02 Å². The van der Waals surface area contributed by atoms with Gasteiger partial charge in [0.1, 0.15) is 11.3 Å². The van der Waals surface area contributed by atoms with Crippen LogP contribution in [0.4, 0.5) is 5.69 Å². The van der Waals surface area contributed by atoms with Crippen LogP contribution in [0.3, 0.4) is 0 Å². The van der Waals surface area contributed by atoms with Gasteiger partial charge in [0.05, 0.1) is 0 Å². The second-order valence-electron chi connectivity index (χ2n) is 4.65. The van der Waals surface area contributed by atoms with E-state index in [0.717, 1.165) is 5.56 Å². The third-order valence-corrected chi connectivity index (χ3v) is 3.10. The highest BCUT2D eigenvalue weighted by Gasteiger charge is 2.13. The number of hydrogen-bond acceptors (Lipinski definition) is 3. The zero-order valence-electron chi connectivity index (χ0n) is 11.8. The number of ether oxygens (including phenoxy) is 1. The Bertz CT molecular complexity index is 698. The fourth-order valence-corrected chi connectivity index (χ4v) is 1.93. The lowest BCUT2D eigenvalue weighted by Crippen LogP contribution is -2.20. The third kappa shape index (κ3) is 4.23. The van der Waals surface area contributed by atoms with Crippen molar-refractivity contribution in [3.63, 3.8) is 0 Å². The topological polar surface area (TPSA) is 75.6 Å². The summed E-state index contributed by atoms with van der Waals surface area (Å²) in [7, 11) is 0. The SMILES string of the molecule is Cc1ccc(NC(=O)COc2cc(Cl)ccc2C(=O)O)cc1. The first-order valence-electron chi connectivity index (χ1n) is 6.48. The van der Waals surface area contributed by atoms with Crippen molar-refractivity contribution in [3.8, 4) is 5.75 Å². The van der Waals surface area contributed by atoms with E-state index >= 15 is 0 Å². The summed E-state index contributed by atoms with van der Waals surface area (Å²) in [6, 6.07) is 11.4. The largest absolute Gasteiger partial charge is 0.483 e. The lowest BCUT2D eigenvalue weighted by molar-refractivity contribution is -0.118. The lowest BCUT2D eigenvalue weighted by atomic mass is 10.2. The molecule has 2 rings (SSSR count). The number of anilines is 1. The summed E-state index contributed by atoms with van der Waals surface area (Å²) >= 11 is 5.81. The summed E-state index contributed by atoms with van der Waals surface area (Å²) in [5.74, 6) is -1.48. The molecule has 0 aliphatic heterocycles. The van der Waals surface area contributed by atoms with Gasteiger partial charge in [-0.05, 0) is 37.3 Å². The minimum absolute atomic E-state index is 0.0486. The predicted octanol–water partition coefficient (Wildman–Crippen LogP) is 3.36. The molecule has 0 atom stereocenters. The summed E-state index contributed by atoms with van der Waals surface area (Å²) < 4.78 is 5.26. The van der Waals surface area contributed by atoms with E-state index in [1.54, 1.807) is 12.1 Å². The number of benzene rings is 2. The zero-order chi connectivity index (χ0) is 16.1. The van der Waals surface area contributed by atoms with Crippen molar-refractivity contribution >= 4 is 29.2 Å². The number of aromatic carboxylic acids is 1. The number of aryl methyl sites for hydroxylation is 1. The molecule has 114 valence electrons. The first kappa shape index (κ1) is 15.9. The Morgan fingerprint density at radius 1 is 1.18 bits per heavy atom. The normalized spacial score (nSPS) is 10.1. The van der Waals surface area contributed by atoms with Crippen molar-refractivity contribution in [2.24, 2.45) is 0 Å². The van der Waals surface area contributed by atoms with Crippen LogP contribution in [0.5, 0.6) is 5.75 Å². The summed E-state index contributed by atoms with van der Waals surface area (Å²) in [4.78, 5) is 22.9. The molecule has 0 radical (unpaired) electrons. The molecule has 22 heavy (non-hydrogen) atoms. The molecule has 0 unspecified atom stereocenters. The van der Waals surface area contributed by atoms with Crippen LogP contribution in [0.15, 0.2) is 42.5 Å². The third-order valence-electron chi connectivity index (χ3n) is 2.87. The number of carboxylic acids is 1. The van der Waals surface area contributed by atoms with Gasteiger partial charge in [-0.1, -0.05) is 29.3 Å². The Labute approximate surface area is 132 Å². The molecule has 2 N–H and O–H groups in total. The number of carboxylic acid groups (broad SMARTS) is 1. The Morgan fingerprint density at radius 2 is 1.86 bits per heavy atom. The van der Waals surface area contributed by atoms with Crippen LogP contribution < -0.4 is 10.1 Å². The Balaban J connectivity index is 2.00. The summed E-state index contributed by atoms with van der Waals surface area (Å²) in [6.07, 6.45) is 0. The molecule has 6 heteroatoms. The summed E-state index contributed by atoms with van der Waals surface area (Å²) in [5, 5.41) is 12.1. The van der Waals surface area contributed by atoms with Gasteiger partial charge in [-0.2, -0.15) is 0 Å². The van der Waals surface area contributed by atoms with Crippen molar-refractivity contribution in [2.45, 2.75) is 6.92 Å². The number of halogens is 1. The Kier molecular flexibility index (Phi) is 5.01. The average Bonchev–Trinajstić information content (AvgIpc) is 2.47. The minimum atomic E-state index is -1.15. The summed E-state index contributed by atoms with van der Waals surface area (Å²) in [5.41, 5.74) is 1.68. The highest BCUT2D eigenvalue weighted by molar-refractivity contribution is 6.30. The van der Waals surface area contributed by atoms with Crippen molar-refractivity contribution in [3.05, 3.63) is 58.6 Å². The van der Waals surface area contributed by atoms with Gasteiger partial charge in [-0.3, -0.25) is 4.79 Å². The van der Waals surface area contributed by atoms with Crippen LogP contribution in [0, 0.1) is 6.92 Å². The lowest BCUT2D eigenvalue weighted by Gasteiger charge is -2.10. The van der Waals surface area contributed by atoms with Crippen LogP contribution in [-0.2, 0) is 4.79 Å². The van der Waals surface area contributed by atoms with E-state index in [0.29, 0.717) is 10.7 Å². The fourth-order valence-electron chi connectivity index (χ4n) is 1.77. The van der Waals surface area contributed by atoms with Crippen molar-refractivity contribution < 1.29 is 19.4 Å². The maximum Gasteiger partial charge on any atom is 0.339 e. The van der Waals surface area contributed by atoms with Crippen LogP contribution >= 0.6 is 11.6 Å². The molecular weight excluding hydrogens is 306 g/mol. The van der Waals surface area contributed by atoms with E-state index in [1.165, 1.54) is 18.2 Å². The number of hydrogen-bond donors (Lipinski definition) is 2. The number of carbonyl (C=O) groups excluding carboxylic acids is 1. The van der Waals surface area contributed by atoms with Crippen molar-refractivity contribution in [1.82, 2.24) is 0 Å². The van der Waals surface area contributed by atoms with Gasteiger partial charge in [0, 0.05) is 10.7 Å². The van der Waals surface area contributed by atoms with E-state index in [9.17, 15) is 9.59 Å². The van der Waals surface area contributed by atoms with Crippen molar-refractivity contribution in [1.29, 1.82) is 0 Å². The van der Waals surface area contributed by atoms with Crippen LogP contribution in [-0.4, -0.2) is 23.6 Å². The van der Waals surface area contributed by atoms with Crippen molar-refractivity contribution in [2.75, 3.05) is 11.9 Å². The predicted molar refractivity (Wildman–Crippen MR) is 83.7 cm³/mol. The molecule has 0 aromatic heterocycles. The van der Waals surface area contributed by atoms with E-state index in [-0.39, 0.29) is 23.8 Å². The van der Waals surface area contributed by atoms with Gasteiger partial charge in [-0.15, -0.1) is 0 Å². The number of carbonyl (C=O) groups is 2. The molecule has 2 aromatic carbocycles. The van der Waals surface area contributed by atoms with Gasteiger partial charge in [-0.25, -0.2) is 4.79 Å². The molecule has 0 aliphatic rings. The maximum absolute atomic E-state index is 11.8. The highest BCUT2D eigenvalue weighted by Crippen LogP contribution is 2.23. The highest BCUT2D eigenvalue weighted by atomic mass is 35.5. The van der Waals surface area contributed by atoms with E-state index < -0.39 is 5.97 Å². The first-order valence-corrected chi connectivity index (χ1v) is 6.85. The molecule has 1 amide bonds. The molecule has 0 heterocycles. The molecule has 0 fully saturated rings. The van der Waals surface area contributed by atoms with Gasteiger partial charge < -0.3 is 15.2 Å². The maximum atomic E-state index is 11.8. The van der Waals surface area contributed by atoms with Gasteiger partial charge in [0.15, 0.2) is 6.61 Å². The molecule has 0 aliphatic carbocycles. The number of amides is 1. The fraction of sp³-hybridized carbons (Fsp3) is 0.125. The van der Waals surface area contributed by atoms with Gasteiger partial charge in [0.2, 0.25) is 0 Å². The molecule has 0 saturated carbocycles. The van der Waals surface area contributed by atoms with Crippen LogP contribution in [0.1, 0.15) is 15.9 Å². The van der Waals surface area contributed by atoms with E-state index in [2.05, 4.69) is 5.32 Å². The van der Waals surface area contributed by atoms with Crippen LogP contribution in [0.25, 0.3) is 0 Å². The quantitative estimate of drug-likeness (QED) is 0.886. The second-order valence-corrected chi connectivity index (χ2v) is 5.08. The molecule has 0 saturated heterocycles. The van der Waals surface area contributed by atoms with Gasteiger partial charge in [0.25, 0.3) is 5.91 Å². The molecule has 0 bridgehead atoms. The minimum Gasteiger partial charge on any atom is -0.483 e. The molecule has 0 spiro atoms. The Hall–Kier alpha value is -2.53.